The third-order valence-electron chi connectivity index (χ3n) is 5.78. The van der Waals surface area contributed by atoms with Crippen LogP contribution in [0.4, 0.5) is 10.1 Å². The van der Waals surface area contributed by atoms with E-state index in [1.165, 1.54) is 12.1 Å². The summed E-state index contributed by atoms with van der Waals surface area (Å²) in [4.78, 5) is 28.3. The van der Waals surface area contributed by atoms with Crippen LogP contribution in [0.2, 0.25) is 0 Å². The summed E-state index contributed by atoms with van der Waals surface area (Å²) in [6.45, 7) is 1.78. The number of piperazine rings is 1. The number of aromatic nitrogens is 1. The van der Waals surface area contributed by atoms with Crippen molar-refractivity contribution in [3.63, 3.8) is 0 Å². The fourth-order valence-electron chi connectivity index (χ4n) is 4.08. The molecule has 7 nitrogen and oxygen atoms in total. The average Bonchev–Trinajstić information content (AvgIpc) is 2.86. The minimum atomic E-state index is -1.07. The van der Waals surface area contributed by atoms with E-state index < -0.39 is 18.1 Å². The Morgan fingerprint density at radius 2 is 1.82 bits per heavy atom. The molecule has 0 radical (unpaired) electrons. The van der Waals surface area contributed by atoms with Crippen molar-refractivity contribution in [1.29, 1.82) is 0 Å². The number of hydrogen-bond acceptors (Lipinski definition) is 5. The van der Waals surface area contributed by atoms with Crippen LogP contribution in [0.25, 0.3) is 23.3 Å². The van der Waals surface area contributed by atoms with Gasteiger partial charge >= 0.3 is 5.97 Å². The molecule has 174 valence electrons. The molecule has 0 saturated carbocycles. The summed E-state index contributed by atoms with van der Waals surface area (Å²) in [5, 5.41) is 14.9. The first-order valence-corrected chi connectivity index (χ1v) is 10.9. The molecule has 0 aliphatic carbocycles. The van der Waals surface area contributed by atoms with E-state index in [-0.39, 0.29) is 5.82 Å². The number of pyridine rings is 1. The van der Waals surface area contributed by atoms with Crippen molar-refractivity contribution in [2.45, 2.75) is 12.1 Å². The third kappa shape index (κ3) is 5.65. The second-order valence-electron chi connectivity index (χ2n) is 8.04. The minimum Gasteiger partial charge on any atom is -0.480 e. The van der Waals surface area contributed by atoms with Gasteiger partial charge in [0, 0.05) is 37.7 Å². The van der Waals surface area contributed by atoms with Crippen LogP contribution in [-0.2, 0) is 9.59 Å². The molecule has 1 saturated heterocycles. The second kappa shape index (κ2) is 10.7. The zero-order chi connectivity index (χ0) is 23.9. The molecule has 2 unspecified atom stereocenters. The fraction of sp³-hybridized carbons (Fsp3) is 0.192. The van der Waals surface area contributed by atoms with Crippen molar-refractivity contribution >= 4 is 30.2 Å². The normalized spacial score (nSPS) is 16.9. The Balaban J connectivity index is 1.45. The van der Waals surface area contributed by atoms with Crippen molar-refractivity contribution in [2.24, 2.45) is 0 Å². The first-order chi connectivity index (χ1) is 16.5. The fourth-order valence-corrected chi connectivity index (χ4v) is 4.08. The van der Waals surface area contributed by atoms with Crippen LogP contribution in [0.15, 0.2) is 67.0 Å². The quantitative estimate of drug-likeness (QED) is 0.353. The molecule has 0 spiro atoms. The first kappa shape index (κ1) is 23.1. The first-order valence-electron chi connectivity index (χ1n) is 10.9. The molecular formula is C26H25FN4O3. The van der Waals surface area contributed by atoms with Crippen molar-refractivity contribution < 1.29 is 19.1 Å². The minimum absolute atomic E-state index is 0.304. The van der Waals surface area contributed by atoms with E-state index in [9.17, 15) is 19.1 Å². The maximum atomic E-state index is 14.2. The van der Waals surface area contributed by atoms with Crippen LogP contribution >= 0.6 is 0 Å². The van der Waals surface area contributed by atoms with E-state index >= 15 is 0 Å². The van der Waals surface area contributed by atoms with E-state index in [0.717, 1.165) is 34.5 Å². The van der Waals surface area contributed by atoms with E-state index in [2.05, 4.69) is 20.5 Å². The van der Waals surface area contributed by atoms with Gasteiger partial charge in [0.15, 0.2) is 0 Å². The lowest BCUT2D eigenvalue weighted by Gasteiger charge is -2.37. The summed E-state index contributed by atoms with van der Waals surface area (Å²) in [7, 11) is 0. The third-order valence-corrected chi connectivity index (χ3v) is 5.78. The Bertz CT molecular complexity index is 1170. The van der Waals surface area contributed by atoms with Gasteiger partial charge in [0.2, 0.25) is 6.41 Å². The highest BCUT2D eigenvalue weighted by Crippen LogP contribution is 2.23. The summed E-state index contributed by atoms with van der Waals surface area (Å²) in [5.41, 5.74) is 4.36. The highest BCUT2D eigenvalue weighted by Gasteiger charge is 2.31. The summed E-state index contributed by atoms with van der Waals surface area (Å²) < 4.78 is 14.2. The van der Waals surface area contributed by atoms with Gasteiger partial charge in [0.25, 0.3) is 0 Å². The highest BCUT2D eigenvalue weighted by molar-refractivity contribution is 5.77. The maximum Gasteiger partial charge on any atom is 0.327 e. The summed E-state index contributed by atoms with van der Waals surface area (Å²) in [6.07, 6.45) is 7.56. The van der Waals surface area contributed by atoms with Gasteiger partial charge in [-0.1, -0.05) is 24.3 Å². The molecule has 1 fully saturated rings. The number of anilines is 1. The lowest BCUT2D eigenvalue weighted by molar-refractivity contribution is -0.141. The monoisotopic (exact) mass is 460 g/mol. The molecule has 1 aromatic heterocycles. The van der Waals surface area contributed by atoms with Gasteiger partial charge in [-0.2, -0.15) is 0 Å². The summed E-state index contributed by atoms with van der Waals surface area (Å²) >= 11 is 0. The van der Waals surface area contributed by atoms with Crippen LogP contribution < -0.4 is 15.5 Å². The van der Waals surface area contributed by atoms with Crippen LogP contribution in [0.5, 0.6) is 0 Å². The predicted molar refractivity (Wildman–Crippen MR) is 130 cm³/mol. The van der Waals surface area contributed by atoms with E-state index in [4.69, 9.17) is 0 Å². The molecule has 2 heterocycles. The Hall–Kier alpha value is -4.04. The molecule has 0 bridgehead atoms. The van der Waals surface area contributed by atoms with E-state index in [1.807, 2.05) is 54.6 Å². The summed E-state index contributed by atoms with van der Waals surface area (Å²) in [6, 6.07) is 15.1. The van der Waals surface area contributed by atoms with Crippen LogP contribution in [0.3, 0.4) is 0 Å². The number of halogens is 1. The Labute approximate surface area is 196 Å². The standard InChI is InChI=1S/C26H25FN4O3/c27-22-14-19(13-21(15-22)20-7-9-28-10-8-20)2-1-18-3-5-23(6-4-18)31-12-11-29-24(16-31)25(26(33)34)30-17-32/h1-10,13-15,17,24-25,29H,11-12,16H2,(H,30,32)(H,33,34). The maximum absolute atomic E-state index is 14.2. The molecule has 8 heteroatoms. The molecule has 1 aliphatic rings. The largest absolute Gasteiger partial charge is 0.480 e. The van der Waals surface area contributed by atoms with Gasteiger partial charge in [0.1, 0.15) is 11.9 Å². The van der Waals surface area contributed by atoms with E-state index in [0.29, 0.717) is 19.5 Å². The molecule has 34 heavy (non-hydrogen) atoms. The Kier molecular flexibility index (Phi) is 7.29. The molecule has 1 aliphatic heterocycles. The number of hydrogen-bond donors (Lipinski definition) is 3. The number of carbonyl (C=O) groups excluding carboxylic acids is 1. The lowest BCUT2D eigenvalue weighted by Crippen LogP contribution is -2.61. The van der Waals surface area contributed by atoms with Crippen LogP contribution in [0, 0.1) is 5.82 Å². The zero-order valence-corrected chi connectivity index (χ0v) is 18.4. The molecule has 3 aromatic rings. The van der Waals surface area contributed by atoms with Crippen molar-refractivity contribution in [2.75, 3.05) is 24.5 Å². The number of benzene rings is 2. The number of nitrogens with zero attached hydrogens (tertiary/aromatic N) is 2. The predicted octanol–water partition coefficient (Wildman–Crippen LogP) is 3.04. The second-order valence-corrected chi connectivity index (χ2v) is 8.04. The molecule has 3 N–H and O–H groups in total. The SMILES string of the molecule is O=CNC(C(=O)O)C1CN(c2ccc(C=Cc3cc(F)cc(-c4ccncc4)c3)cc2)CCN1. The average molecular weight is 461 g/mol. The zero-order valence-electron chi connectivity index (χ0n) is 18.4. The Morgan fingerprint density at radius 3 is 2.53 bits per heavy atom. The molecule has 2 atom stereocenters. The van der Waals surface area contributed by atoms with Gasteiger partial charge in [-0.05, 0) is 64.7 Å². The lowest BCUT2D eigenvalue weighted by atomic mass is 10.0. The Morgan fingerprint density at radius 1 is 1.09 bits per heavy atom. The number of carboxylic acids is 1. The van der Waals surface area contributed by atoms with Gasteiger partial charge in [0.05, 0.1) is 6.04 Å². The number of aliphatic carboxylic acids is 1. The number of nitrogens with one attached hydrogen (secondary N) is 2. The molecular weight excluding hydrogens is 435 g/mol. The van der Waals surface area contributed by atoms with Gasteiger partial charge < -0.3 is 20.6 Å². The van der Waals surface area contributed by atoms with Crippen LogP contribution in [0.1, 0.15) is 11.1 Å². The summed E-state index contributed by atoms with van der Waals surface area (Å²) in [5.74, 6) is -1.38. The van der Waals surface area contributed by atoms with Gasteiger partial charge in [-0.3, -0.25) is 9.78 Å². The van der Waals surface area contributed by atoms with Crippen molar-refractivity contribution in [3.05, 3.63) is 83.9 Å². The van der Waals surface area contributed by atoms with Crippen LogP contribution in [-0.4, -0.2) is 54.2 Å². The smallest absolute Gasteiger partial charge is 0.327 e. The number of carbonyl (C=O) groups is 2. The van der Waals surface area contributed by atoms with Crippen molar-refractivity contribution in [3.8, 4) is 11.1 Å². The number of amides is 1. The molecule has 1 amide bonds. The highest BCUT2D eigenvalue weighted by atomic mass is 19.1. The van der Waals surface area contributed by atoms with E-state index in [1.54, 1.807) is 12.4 Å². The van der Waals surface area contributed by atoms with Crippen molar-refractivity contribution in [1.82, 2.24) is 15.6 Å². The topological polar surface area (TPSA) is 94.6 Å². The molecule has 4 rings (SSSR count). The number of rotatable bonds is 8. The number of carboxylic acid groups (broad SMARTS) is 1. The van der Waals surface area contributed by atoms with Gasteiger partial charge in [-0.15, -0.1) is 0 Å². The van der Waals surface area contributed by atoms with Gasteiger partial charge in [-0.25, -0.2) is 9.18 Å². The molecule has 2 aromatic carbocycles.